The zero-order chi connectivity index (χ0) is 25.1. The van der Waals surface area contributed by atoms with E-state index in [1.807, 2.05) is 0 Å². The van der Waals surface area contributed by atoms with Gasteiger partial charge in [-0.05, 0) is 57.0 Å². The first-order valence-corrected chi connectivity index (χ1v) is 12.6. The topological polar surface area (TPSA) is 86.7 Å². The molecule has 2 aliphatic rings. The molecule has 3 amide bonds. The van der Waals surface area contributed by atoms with Crippen LogP contribution >= 0.6 is 0 Å². The van der Waals surface area contributed by atoms with E-state index in [9.17, 15) is 18.8 Å². The van der Waals surface area contributed by atoms with Gasteiger partial charge in [-0.2, -0.15) is 0 Å². The third-order valence-corrected chi connectivity index (χ3v) is 7.61. The SMILES string of the molecule is CNC(C)C(=O)NC(C(=O)N1CCN(C(=O)c2cc3cc(F)ccc3n2C)CC1)C1CCCCC1. The molecule has 2 aromatic rings. The van der Waals surface area contributed by atoms with Gasteiger partial charge < -0.3 is 25.0 Å². The number of piperazine rings is 1. The number of aromatic nitrogens is 1. The fraction of sp³-hybridized carbons (Fsp3) is 0.577. The van der Waals surface area contributed by atoms with Crippen LogP contribution in [-0.4, -0.2) is 77.4 Å². The van der Waals surface area contributed by atoms with Crippen molar-refractivity contribution in [3.05, 3.63) is 35.8 Å². The summed E-state index contributed by atoms with van der Waals surface area (Å²) in [5.74, 6) is -0.549. The Balaban J connectivity index is 1.43. The smallest absolute Gasteiger partial charge is 0.270 e. The Kier molecular flexibility index (Phi) is 7.74. The van der Waals surface area contributed by atoms with Gasteiger partial charge in [-0.1, -0.05) is 19.3 Å². The molecule has 1 aromatic carbocycles. The molecule has 2 heterocycles. The lowest BCUT2D eigenvalue weighted by Crippen LogP contribution is -2.59. The molecule has 1 aromatic heterocycles. The maximum absolute atomic E-state index is 13.6. The van der Waals surface area contributed by atoms with Crippen molar-refractivity contribution in [2.24, 2.45) is 13.0 Å². The van der Waals surface area contributed by atoms with Gasteiger partial charge in [0, 0.05) is 44.1 Å². The maximum atomic E-state index is 13.6. The van der Waals surface area contributed by atoms with Crippen LogP contribution in [0.4, 0.5) is 4.39 Å². The summed E-state index contributed by atoms with van der Waals surface area (Å²) in [6.45, 7) is 3.45. The summed E-state index contributed by atoms with van der Waals surface area (Å²) in [5, 5.41) is 6.64. The Morgan fingerprint density at radius 2 is 1.66 bits per heavy atom. The maximum Gasteiger partial charge on any atom is 0.270 e. The van der Waals surface area contributed by atoms with Gasteiger partial charge in [0.1, 0.15) is 17.6 Å². The molecule has 2 fully saturated rings. The Morgan fingerprint density at radius 3 is 2.31 bits per heavy atom. The highest BCUT2D eigenvalue weighted by Gasteiger charge is 2.36. The van der Waals surface area contributed by atoms with Crippen LogP contribution in [0.15, 0.2) is 24.3 Å². The van der Waals surface area contributed by atoms with E-state index in [1.54, 1.807) is 47.5 Å². The van der Waals surface area contributed by atoms with Crippen molar-refractivity contribution < 1.29 is 18.8 Å². The van der Waals surface area contributed by atoms with Crippen molar-refractivity contribution in [1.82, 2.24) is 25.0 Å². The number of fused-ring (bicyclic) bond motifs is 1. The lowest BCUT2D eigenvalue weighted by molar-refractivity contribution is -0.140. The Labute approximate surface area is 205 Å². The van der Waals surface area contributed by atoms with Crippen molar-refractivity contribution >= 4 is 28.6 Å². The molecule has 1 saturated carbocycles. The highest BCUT2D eigenvalue weighted by molar-refractivity contribution is 5.99. The van der Waals surface area contributed by atoms with Crippen molar-refractivity contribution in [1.29, 1.82) is 0 Å². The highest BCUT2D eigenvalue weighted by Crippen LogP contribution is 2.28. The summed E-state index contributed by atoms with van der Waals surface area (Å²) in [6.07, 6.45) is 5.18. The predicted molar refractivity (Wildman–Crippen MR) is 132 cm³/mol. The summed E-state index contributed by atoms with van der Waals surface area (Å²) in [6, 6.07) is 5.30. The van der Waals surface area contributed by atoms with E-state index in [0.29, 0.717) is 37.3 Å². The number of carbonyl (C=O) groups excluding carboxylic acids is 3. The van der Waals surface area contributed by atoms with E-state index in [4.69, 9.17) is 0 Å². The minimum atomic E-state index is -0.533. The van der Waals surface area contributed by atoms with E-state index in [-0.39, 0.29) is 35.5 Å². The van der Waals surface area contributed by atoms with Crippen LogP contribution in [0, 0.1) is 11.7 Å². The van der Waals surface area contributed by atoms with Crippen LogP contribution in [0.1, 0.15) is 49.5 Å². The van der Waals surface area contributed by atoms with Gasteiger partial charge in [0.15, 0.2) is 0 Å². The molecule has 8 nitrogen and oxygen atoms in total. The summed E-state index contributed by atoms with van der Waals surface area (Å²) in [5.41, 5.74) is 1.30. The molecule has 0 radical (unpaired) electrons. The molecule has 1 aliphatic carbocycles. The van der Waals surface area contributed by atoms with Crippen molar-refractivity contribution in [3.63, 3.8) is 0 Å². The van der Waals surface area contributed by atoms with Gasteiger partial charge in [-0.25, -0.2) is 4.39 Å². The standard InChI is InChI=1S/C26H36FN5O3/c1-17(28-2)24(33)29-23(18-7-5-4-6-8-18)26(35)32-13-11-31(12-14-32)25(34)22-16-19-15-20(27)9-10-21(19)30(22)3/h9-10,15-18,23,28H,4-8,11-14H2,1-3H3,(H,29,33). The second kappa shape index (κ2) is 10.8. The van der Waals surface area contributed by atoms with Gasteiger partial charge >= 0.3 is 0 Å². The zero-order valence-electron chi connectivity index (χ0n) is 20.8. The summed E-state index contributed by atoms with van der Waals surface area (Å²) in [4.78, 5) is 42.9. The minimum absolute atomic E-state index is 0.0549. The Bertz CT molecular complexity index is 1090. The summed E-state index contributed by atoms with van der Waals surface area (Å²) in [7, 11) is 3.53. The van der Waals surface area contributed by atoms with E-state index in [0.717, 1.165) is 31.2 Å². The van der Waals surface area contributed by atoms with E-state index in [2.05, 4.69) is 10.6 Å². The molecule has 1 saturated heterocycles. The van der Waals surface area contributed by atoms with Crippen LogP contribution in [-0.2, 0) is 16.6 Å². The van der Waals surface area contributed by atoms with Crippen molar-refractivity contribution in [2.75, 3.05) is 33.2 Å². The average molecular weight is 486 g/mol. The van der Waals surface area contributed by atoms with Gasteiger partial charge in [0.05, 0.1) is 6.04 Å². The molecule has 4 rings (SSSR count). The second-order valence-electron chi connectivity index (χ2n) is 9.80. The fourth-order valence-corrected chi connectivity index (χ4v) is 5.27. The second-order valence-corrected chi connectivity index (χ2v) is 9.80. The van der Waals surface area contributed by atoms with Crippen LogP contribution in [0.2, 0.25) is 0 Å². The normalized spacial score (nSPS) is 19.0. The van der Waals surface area contributed by atoms with Crippen LogP contribution in [0.3, 0.4) is 0 Å². The number of hydrogen-bond donors (Lipinski definition) is 2. The number of rotatable bonds is 6. The lowest BCUT2D eigenvalue weighted by atomic mass is 9.83. The number of nitrogens with one attached hydrogen (secondary N) is 2. The zero-order valence-corrected chi connectivity index (χ0v) is 20.8. The van der Waals surface area contributed by atoms with Crippen LogP contribution < -0.4 is 10.6 Å². The van der Waals surface area contributed by atoms with Gasteiger partial charge in [0.2, 0.25) is 11.8 Å². The van der Waals surface area contributed by atoms with E-state index >= 15 is 0 Å². The molecule has 9 heteroatoms. The molecule has 0 bridgehead atoms. The van der Waals surface area contributed by atoms with Crippen molar-refractivity contribution in [2.45, 2.75) is 51.1 Å². The summed E-state index contributed by atoms with van der Waals surface area (Å²) >= 11 is 0. The molecule has 2 unspecified atom stereocenters. The number of benzene rings is 1. The number of hydrogen-bond acceptors (Lipinski definition) is 4. The average Bonchev–Trinajstić information content (AvgIpc) is 3.21. The van der Waals surface area contributed by atoms with E-state index in [1.165, 1.54) is 18.6 Å². The molecule has 2 N–H and O–H groups in total. The number of nitrogens with zero attached hydrogens (tertiary/aromatic N) is 3. The molecule has 190 valence electrons. The first kappa shape index (κ1) is 25.2. The monoisotopic (exact) mass is 485 g/mol. The number of carbonyl (C=O) groups is 3. The molecular formula is C26H36FN5O3. The first-order chi connectivity index (χ1) is 16.8. The quantitative estimate of drug-likeness (QED) is 0.657. The molecule has 35 heavy (non-hydrogen) atoms. The minimum Gasteiger partial charge on any atom is -0.343 e. The lowest BCUT2D eigenvalue weighted by Gasteiger charge is -2.39. The largest absolute Gasteiger partial charge is 0.343 e. The summed E-state index contributed by atoms with van der Waals surface area (Å²) < 4.78 is 15.4. The van der Waals surface area contributed by atoms with Crippen LogP contribution in [0.25, 0.3) is 10.9 Å². The van der Waals surface area contributed by atoms with Crippen molar-refractivity contribution in [3.8, 4) is 0 Å². The number of amides is 3. The molecule has 0 spiro atoms. The van der Waals surface area contributed by atoms with Gasteiger partial charge in [0.25, 0.3) is 5.91 Å². The number of likely N-dealkylation sites (N-methyl/N-ethyl adjacent to an activating group) is 1. The van der Waals surface area contributed by atoms with Gasteiger partial charge in [-0.15, -0.1) is 0 Å². The first-order valence-electron chi connectivity index (χ1n) is 12.6. The third-order valence-electron chi connectivity index (χ3n) is 7.61. The number of aryl methyl sites for hydroxylation is 1. The van der Waals surface area contributed by atoms with Gasteiger partial charge in [-0.3, -0.25) is 14.4 Å². The number of halogens is 1. The highest BCUT2D eigenvalue weighted by atomic mass is 19.1. The fourth-order valence-electron chi connectivity index (χ4n) is 5.27. The Morgan fingerprint density at radius 1 is 1.00 bits per heavy atom. The van der Waals surface area contributed by atoms with Crippen LogP contribution in [0.5, 0.6) is 0 Å². The van der Waals surface area contributed by atoms with E-state index < -0.39 is 6.04 Å². The molecule has 1 aliphatic heterocycles. The molecular weight excluding hydrogens is 449 g/mol. The third kappa shape index (κ3) is 5.34. The Hall–Kier alpha value is -2.94. The molecule has 2 atom stereocenters. The predicted octanol–water partition coefficient (Wildman–Crippen LogP) is 2.27.